The van der Waals surface area contributed by atoms with E-state index in [0.717, 1.165) is 0 Å². The molecule has 0 amide bonds. The highest BCUT2D eigenvalue weighted by atomic mass is 28.4. The summed E-state index contributed by atoms with van der Waals surface area (Å²) in [5.41, 5.74) is 0. The zero-order chi connectivity index (χ0) is 12.2. The normalized spacial score (nSPS) is 15.8. The van der Waals surface area contributed by atoms with E-state index in [2.05, 4.69) is 56.5 Å². The molecule has 0 aliphatic rings. The molecule has 1 unspecified atom stereocenters. The molecule has 0 saturated heterocycles. The highest BCUT2D eigenvalue weighted by Gasteiger charge is 2.31. The second-order valence-corrected chi connectivity index (χ2v) is 15.4. The van der Waals surface area contributed by atoms with E-state index in [-0.39, 0.29) is 0 Å². The van der Waals surface area contributed by atoms with Gasteiger partial charge in [0.1, 0.15) is 0 Å². The van der Waals surface area contributed by atoms with Gasteiger partial charge in [-0.05, 0) is 17.8 Å². The van der Waals surface area contributed by atoms with Gasteiger partial charge in [-0.3, -0.25) is 0 Å². The molecule has 1 atom stereocenters. The summed E-state index contributed by atoms with van der Waals surface area (Å²) < 4.78 is 5.88. The summed E-state index contributed by atoms with van der Waals surface area (Å²) in [6.45, 7) is 9.63. The Labute approximate surface area is 102 Å². The van der Waals surface area contributed by atoms with Crippen LogP contribution in [0.5, 0.6) is 0 Å². The number of hydrogen-bond acceptors (Lipinski definition) is 1. The standard InChI is InChI=1S/C13H24OSi2/c1-14-16(5,12-11-15(2,3)4)13-9-7-6-8-10-13/h6-10H,11-12H2,1-5H3. The Morgan fingerprint density at radius 2 is 1.50 bits per heavy atom. The Morgan fingerprint density at radius 1 is 0.938 bits per heavy atom. The summed E-state index contributed by atoms with van der Waals surface area (Å²) in [5.74, 6) is 0. The SMILES string of the molecule is CO[Si](C)(CC[Si](C)(C)C)c1ccccc1. The molecule has 16 heavy (non-hydrogen) atoms. The first-order valence-electron chi connectivity index (χ1n) is 5.98. The summed E-state index contributed by atoms with van der Waals surface area (Å²) >= 11 is 0. The van der Waals surface area contributed by atoms with Crippen molar-refractivity contribution < 1.29 is 4.43 Å². The third-order valence-corrected chi connectivity index (χ3v) is 9.10. The molecule has 0 radical (unpaired) electrons. The lowest BCUT2D eigenvalue weighted by molar-refractivity contribution is 0.410. The van der Waals surface area contributed by atoms with Crippen molar-refractivity contribution in [3.8, 4) is 0 Å². The fourth-order valence-electron chi connectivity index (χ4n) is 1.77. The van der Waals surface area contributed by atoms with Crippen LogP contribution < -0.4 is 5.19 Å². The Balaban J connectivity index is 2.79. The van der Waals surface area contributed by atoms with Crippen LogP contribution >= 0.6 is 0 Å². The monoisotopic (exact) mass is 252 g/mol. The van der Waals surface area contributed by atoms with E-state index in [4.69, 9.17) is 4.43 Å². The van der Waals surface area contributed by atoms with Gasteiger partial charge in [0.2, 0.25) is 8.32 Å². The number of hydrogen-bond donors (Lipinski definition) is 0. The van der Waals surface area contributed by atoms with Gasteiger partial charge in [-0.15, -0.1) is 0 Å². The van der Waals surface area contributed by atoms with E-state index < -0.39 is 16.4 Å². The molecule has 0 aromatic heterocycles. The van der Waals surface area contributed by atoms with Crippen LogP contribution in [0.15, 0.2) is 30.3 Å². The first kappa shape index (κ1) is 13.7. The summed E-state index contributed by atoms with van der Waals surface area (Å²) in [6.07, 6.45) is 0. The van der Waals surface area contributed by atoms with E-state index in [9.17, 15) is 0 Å². The van der Waals surface area contributed by atoms with Crippen LogP contribution in [0.1, 0.15) is 0 Å². The topological polar surface area (TPSA) is 9.23 Å². The Morgan fingerprint density at radius 3 is 1.94 bits per heavy atom. The van der Waals surface area contributed by atoms with Crippen LogP contribution in [0.3, 0.4) is 0 Å². The van der Waals surface area contributed by atoms with Gasteiger partial charge in [0.05, 0.1) is 0 Å². The largest absolute Gasteiger partial charge is 0.416 e. The minimum atomic E-state index is -1.67. The molecule has 0 heterocycles. The van der Waals surface area contributed by atoms with Crippen molar-refractivity contribution in [2.45, 2.75) is 38.3 Å². The average Bonchev–Trinajstić information content (AvgIpc) is 2.26. The summed E-state index contributed by atoms with van der Waals surface area (Å²) in [5, 5.41) is 1.43. The van der Waals surface area contributed by atoms with Crippen LogP contribution in [0.4, 0.5) is 0 Å². The molecular weight excluding hydrogens is 228 g/mol. The molecule has 0 aliphatic heterocycles. The van der Waals surface area contributed by atoms with Gasteiger partial charge in [-0.25, -0.2) is 0 Å². The summed E-state index contributed by atoms with van der Waals surface area (Å²) in [4.78, 5) is 0. The lowest BCUT2D eigenvalue weighted by Gasteiger charge is -2.28. The first-order chi connectivity index (χ1) is 7.37. The molecule has 1 nitrogen and oxygen atoms in total. The van der Waals surface area contributed by atoms with Crippen molar-refractivity contribution in [2.75, 3.05) is 7.11 Å². The smallest absolute Gasteiger partial charge is 0.220 e. The highest BCUT2D eigenvalue weighted by molar-refractivity contribution is 6.87. The molecular formula is C13H24OSi2. The van der Waals surface area contributed by atoms with Gasteiger partial charge < -0.3 is 4.43 Å². The molecule has 3 heteroatoms. The Kier molecular flexibility index (Phi) is 4.53. The minimum Gasteiger partial charge on any atom is -0.416 e. The van der Waals surface area contributed by atoms with E-state index in [1.54, 1.807) is 0 Å². The molecule has 0 spiro atoms. The number of rotatable bonds is 5. The fourth-order valence-corrected chi connectivity index (χ4v) is 8.30. The molecule has 0 fully saturated rings. The molecule has 0 aliphatic carbocycles. The van der Waals surface area contributed by atoms with Crippen molar-refractivity contribution in [3.05, 3.63) is 30.3 Å². The van der Waals surface area contributed by atoms with E-state index in [1.165, 1.54) is 17.3 Å². The summed E-state index contributed by atoms with van der Waals surface area (Å²) in [6, 6.07) is 13.4. The van der Waals surface area contributed by atoms with Crippen molar-refractivity contribution in [3.63, 3.8) is 0 Å². The van der Waals surface area contributed by atoms with Crippen LogP contribution in [0.25, 0.3) is 0 Å². The van der Waals surface area contributed by atoms with Crippen LogP contribution in [0.2, 0.25) is 38.3 Å². The van der Waals surface area contributed by atoms with E-state index in [0.29, 0.717) is 0 Å². The van der Waals surface area contributed by atoms with Gasteiger partial charge >= 0.3 is 0 Å². The predicted octanol–water partition coefficient (Wildman–Crippen LogP) is 3.45. The fraction of sp³-hybridized carbons (Fsp3) is 0.538. The molecule has 0 N–H and O–H groups in total. The Bertz CT molecular complexity index is 318. The summed E-state index contributed by atoms with van der Waals surface area (Å²) in [7, 11) is -0.758. The van der Waals surface area contributed by atoms with Crippen LogP contribution in [-0.4, -0.2) is 23.5 Å². The zero-order valence-corrected chi connectivity index (χ0v) is 13.2. The van der Waals surface area contributed by atoms with Crippen molar-refractivity contribution in [1.29, 1.82) is 0 Å². The molecule has 0 bridgehead atoms. The van der Waals surface area contributed by atoms with E-state index >= 15 is 0 Å². The minimum absolute atomic E-state index is 0.961. The molecule has 90 valence electrons. The molecule has 1 aromatic rings. The van der Waals surface area contributed by atoms with Gasteiger partial charge in [-0.2, -0.15) is 0 Å². The van der Waals surface area contributed by atoms with Gasteiger partial charge in [-0.1, -0.05) is 56.0 Å². The van der Waals surface area contributed by atoms with Gasteiger partial charge in [0.25, 0.3) is 0 Å². The van der Waals surface area contributed by atoms with Crippen LogP contribution in [-0.2, 0) is 4.43 Å². The third-order valence-electron chi connectivity index (χ3n) is 3.19. The molecule has 0 saturated carbocycles. The second-order valence-electron chi connectivity index (χ2n) is 5.86. The second kappa shape index (κ2) is 5.30. The maximum absolute atomic E-state index is 5.88. The first-order valence-corrected chi connectivity index (χ1v) is 12.3. The maximum atomic E-state index is 5.88. The predicted molar refractivity (Wildman–Crippen MR) is 77.7 cm³/mol. The van der Waals surface area contributed by atoms with E-state index in [1.807, 2.05) is 7.11 Å². The van der Waals surface area contributed by atoms with Gasteiger partial charge in [0, 0.05) is 15.2 Å². The lowest BCUT2D eigenvalue weighted by Crippen LogP contribution is -2.47. The lowest BCUT2D eigenvalue weighted by atomic mass is 10.4. The Hall–Kier alpha value is -0.386. The molecule has 1 aromatic carbocycles. The average molecular weight is 253 g/mol. The van der Waals surface area contributed by atoms with Crippen LogP contribution in [0, 0.1) is 0 Å². The van der Waals surface area contributed by atoms with Crippen molar-refractivity contribution in [2.24, 2.45) is 0 Å². The zero-order valence-electron chi connectivity index (χ0n) is 11.2. The van der Waals surface area contributed by atoms with Crippen molar-refractivity contribution in [1.82, 2.24) is 0 Å². The highest BCUT2D eigenvalue weighted by Crippen LogP contribution is 2.20. The van der Waals surface area contributed by atoms with Crippen molar-refractivity contribution >= 4 is 21.6 Å². The maximum Gasteiger partial charge on any atom is 0.220 e. The molecule has 1 rings (SSSR count). The third kappa shape index (κ3) is 3.88. The number of benzene rings is 1. The quantitative estimate of drug-likeness (QED) is 0.729. The van der Waals surface area contributed by atoms with Gasteiger partial charge in [0.15, 0.2) is 0 Å².